The van der Waals surface area contributed by atoms with Crippen molar-refractivity contribution >= 4 is 22.7 Å². The quantitative estimate of drug-likeness (QED) is 0.833. The van der Waals surface area contributed by atoms with Crippen LogP contribution in [-0.4, -0.2) is 5.75 Å². The van der Waals surface area contributed by atoms with Crippen LogP contribution in [0.2, 0.25) is 0 Å². The summed E-state index contributed by atoms with van der Waals surface area (Å²) in [7, 11) is 0. The highest BCUT2D eigenvalue weighted by molar-refractivity contribution is 7.99. The Balaban J connectivity index is 2.57. The first-order valence-corrected chi connectivity index (χ1v) is 6.35. The van der Waals surface area contributed by atoms with Gasteiger partial charge in [-0.2, -0.15) is 5.26 Å². The third kappa shape index (κ3) is 2.34. The molecule has 0 radical (unpaired) electrons. The zero-order valence-corrected chi connectivity index (χ0v) is 10.2. The number of nitrogens with zero attached hydrogens (tertiary/aromatic N) is 1. The lowest BCUT2D eigenvalue weighted by molar-refractivity contribution is 0.550. The van der Waals surface area contributed by atoms with E-state index in [-0.39, 0.29) is 5.43 Å². The van der Waals surface area contributed by atoms with Crippen molar-refractivity contribution in [3.05, 3.63) is 46.3 Å². The van der Waals surface area contributed by atoms with Gasteiger partial charge in [0.15, 0.2) is 5.43 Å². The van der Waals surface area contributed by atoms with Gasteiger partial charge in [0.1, 0.15) is 16.6 Å². The van der Waals surface area contributed by atoms with Crippen LogP contribution >= 0.6 is 11.8 Å². The summed E-state index contributed by atoms with van der Waals surface area (Å²) in [5.41, 5.74) is 0.436. The minimum absolute atomic E-state index is 0.0983. The molecule has 0 N–H and O–H groups in total. The minimum atomic E-state index is -0.419. The second-order valence-electron chi connectivity index (χ2n) is 3.47. The fourth-order valence-corrected chi connectivity index (χ4v) is 2.29. The van der Waals surface area contributed by atoms with Crippen molar-refractivity contribution in [3.8, 4) is 6.07 Å². The van der Waals surface area contributed by atoms with Gasteiger partial charge >= 0.3 is 0 Å². The van der Waals surface area contributed by atoms with Crippen LogP contribution in [-0.2, 0) is 0 Å². The van der Waals surface area contributed by atoms with Crippen molar-refractivity contribution < 1.29 is 4.42 Å². The lowest BCUT2D eigenvalue weighted by Gasteiger charge is -2.07. The zero-order valence-electron chi connectivity index (χ0n) is 9.34. The Morgan fingerprint density at radius 3 is 2.94 bits per heavy atom. The maximum atomic E-state index is 11.8. The Hall–Kier alpha value is -1.73. The molecule has 1 unspecified atom stereocenters. The largest absolute Gasteiger partial charge is 0.458 e. The molecule has 0 aliphatic rings. The van der Waals surface area contributed by atoms with Gasteiger partial charge in [-0.3, -0.25) is 4.79 Å². The highest BCUT2D eigenvalue weighted by Crippen LogP contribution is 2.28. The Bertz CT molecular complexity index is 627. The normalized spacial score (nSPS) is 12.2. The molecule has 0 amide bonds. The first kappa shape index (κ1) is 11.7. The molecule has 0 spiro atoms. The van der Waals surface area contributed by atoms with Gasteiger partial charge in [0.05, 0.1) is 11.5 Å². The predicted molar refractivity (Wildman–Crippen MR) is 69.0 cm³/mol. The number of hydrogen-bond acceptors (Lipinski definition) is 4. The van der Waals surface area contributed by atoms with E-state index in [1.807, 2.05) is 13.0 Å². The summed E-state index contributed by atoms with van der Waals surface area (Å²) in [5, 5.41) is 9.17. The molecule has 0 bridgehead atoms. The fourth-order valence-electron chi connectivity index (χ4n) is 1.60. The average molecular weight is 245 g/mol. The second-order valence-corrected chi connectivity index (χ2v) is 4.86. The van der Waals surface area contributed by atoms with Crippen LogP contribution in [0.5, 0.6) is 0 Å². The van der Waals surface area contributed by atoms with Crippen LogP contribution in [0, 0.1) is 11.3 Å². The summed E-state index contributed by atoms with van der Waals surface area (Å²) >= 11 is 1.45. The van der Waals surface area contributed by atoms with E-state index in [2.05, 4.69) is 6.07 Å². The summed E-state index contributed by atoms with van der Waals surface area (Å²) in [5.74, 6) is 1.23. The maximum Gasteiger partial charge on any atom is 0.193 e. The number of hydrogen-bond donors (Lipinski definition) is 0. The highest BCUT2D eigenvalue weighted by Gasteiger charge is 2.15. The van der Waals surface area contributed by atoms with Crippen molar-refractivity contribution in [3.63, 3.8) is 0 Å². The Kier molecular flexibility index (Phi) is 3.50. The standard InChI is InChI=1S/C13H11NO2S/c1-2-17-13(8-14)12-7-10(15)9-5-3-4-6-11(9)16-12/h3-7,13H,2H2,1H3. The SMILES string of the molecule is CCSC(C#N)c1cc(=O)c2ccccc2o1. The van der Waals surface area contributed by atoms with E-state index in [1.54, 1.807) is 18.2 Å². The molecule has 17 heavy (non-hydrogen) atoms. The van der Waals surface area contributed by atoms with E-state index < -0.39 is 5.25 Å². The molecule has 1 aromatic carbocycles. The minimum Gasteiger partial charge on any atom is -0.458 e. The van der Waals surface area contributed by atoms with Crippen LogP contribution in [0.25, 0.3) is 11.0 Å². The molecule has 0 saturated heterocycles. The van der Waals surface area contributed by atoms with Crippen molar-refractivity contribution in [2.24, 2.45) is 0 Å². The van der Waals surface area contributed by atoms with Gasteiger partial charge in [-0.1, -0.05) is 19.1 Å². The second kappa shape index (κ2) is 5.07. The number of thioether (sulfide) groups is 1. The third-order valence-electron chi connectivity index (χ3n) is 2.36. The molecule has 3 nitrogen and oxygen atoms in total. The van der Waals surface area contributed by atoms with Gasteiger partial charge in [0.2, 0.25) is 0 Å². The zero-order chi connectivity index (χ0) is 12.3. The predicted octanol–water partition coefficient (Wildman–Crippen LogP) is 3.11. The third-order valence-corrected chi connectivity index (χ3v) is 3.37. The molecule has 2 aromatic rings. The summed E-state index contributed by atoms with van der Waals surface area (Å²) in [6.45, 7) is 1.97. The van der Waals surface area contributed by atoms with Gasteiger partial charge in [-0.05, 0) is 17.9 Å². The van der Waals surface area contributed by atoms with Crippen LogP contribution in [0.3, 0.4) is 0 Å². The lowest BCUT2D eigenvalue weighted by atomic mass is 10.2. The Morgan fingerprint density at radius 1 is 1.47 bits per heavy atom. The molecule has 1 aromatic heterocycles. The molecule has 1 heterocycles. The Morgan fingerprint density at radius 2 is 2.24 bits per heavy atom. The molecule has 0 fully saturated rings. The van der Waals surface area contributed by atoms with E-state index in [0.29, 0.717) is 16.7 Å². The number of rotatable bonds is 3. The first-order chi connectivity index (χ1) is 8.26. The molecular weight excluding hydrogens is 234 g/mol. The van der Waals surface area contributed by atoms with Gasteiger partial charge in [0.25, 0.3) is 0 Å². The van der Waals surface area contributed by atoms with Crippen molar-refractivity contribution in [2.75, 3.05) is 5.75 Å². The summed E-state index contributed by atoms with van der Waals surface area (Å²) in [4.78, 5) is 11.8. The molecule has 1 atom stereocenters. The molecule has 4 heteroatoms. The van der Waals surface area contributed by atoms with Crippen LogP contribution < -0.4 is 5.43 Å². The molecule has 0 aliphatic heterocycles. The maximum absolute atomic E-state index is 11.8. The monoisotopic (exact) mass is 245 g/mol. The van der Waals surface area contributed by atoms with Gasteiger partial charge in [0, 0.05) is 6.07 Å². The van der Waals surface area contributed by atoms with Crippen LogP contribution in [0.15, 0.2) is 39.5 Å². The molecule has 2 rings (SSSR count). The molecule has 86 valence electrons. The number of fused-ring (bicyclic) bond motifs is 1. The number of benzene rings is 1. The van der Waals surface area contributed by atoms with Crippen LogP contribution in [0.4, 0.5) is 0 Å². The fraction of sp³-hybridized carbons (Fsp3) is 0.231. The number of para-hydroxylation sites is 1. The molecular formula is C13H11NO2S. The highest BCUT2D eigenvalue weighted by atomic mass is 32.2. The van der Waals surface area contributed by atoms with E-state index >= 15 is 0 Å². The topological polar surface area (TPSA) is 54.0 Å². The molecule has 0 aliphatic carbocycles. The smallest absolute Gasteiger partial charge is 0.193 e. The van der Waals surface area contributed by atoms with Gasteiger partial charge < -0.3 is 4.42 Å². The van der Waals surface area contributed by atoms with E-state index in [0.717, 1.165) is 5.75 Å². The summed E-state index contributed by atoms with van der Waals surface area (Å²) in [6, 6.07) is 10.6. The van der Waals surface area contributed by atoms with Crippen LogP contribution in [0.1, 0.15) is 17.9 Å². The van der Waals surface area contributed by atoms with Gasteiger partial charge in [-0.15, -0.1) is 11.8 Å². The van der Waals surface area contributed by atoms with Crippen molar-refractivity contribution in [1.29, 1.82) is 5.26 Å². The van der Waals surface area contributed by atoms with Crippen molar-refractivity contribution in [2.45, 2.75) is 12.2 Å². The average Bonchev–Trinajstić information content (AvgIpc) is 2.36. The van der Waals surface area contributed by atoms with E-state index in [4.69, 9.17) is 9.68 Å². The van der Waals surface area contributed by atoms with Crippen molar-refractivity contribution in [1.82, 2.24) is 0 Å². The lowest BCUT2D eigenvalue weighted by Crippen LogP contribution is -2.03. The first-order valence-electron chi connectivity index (χ1n) is 5.30. The van der Waals surface area contributed by atoms with E-state index in [9.17, 15) is 4.79 Å². The Labute approximate surface area is 103 Å². The van der Waals surface area contributed by atoms with Gasteiger partial charge in [-0.25, -0.2) is 0 Å². The summed E-state index contributed by atoms with van der Waals surface area (Å²) in [6.07, 6.45) is 0. The number of nitriles is 1. The summed E-state index contributed by atoms with van der Waals surface area (Å²) < 4.78 is 5.60. The van der Waals surface area contributed by atoms with E-state index in [1.165, 1.54) is 17.8 Å². The molecule has 0 saturated carbocycles.